The van der Waals surface area contributed by atoms with Crippen molar-refractivity contribution in [1.82, 2.24) is 14.4 Å². The number of nitrogens with one attached hydrogen (secondary N) is 1. The minimum atomic E-state index is -0.291. The Balaban J connectivity index is 2.32. The molecule has 5 heteroatoms. The Labute approximate surface area is 117 Å². The van der Waals surface area contributed by atoms with Gasteiger partial charge in [0.2, 0.25) is 5.88 Å². The van der Waals surface area contributed by atoms with E-state index in [9.17, 15) is 9.90 Å². The van der Waals surface area contributed by atoms with Gasteiger partial charge < -0.3 is 9.51 Å². The van der Waals surface area contributed by atoms with E-state index in [2.05, 4.69) is 9.97 Å². The second kappa shape index (κ2) is 3.32. The number of benzene rings is 1. The first-order chi connectivity index (χ1) is 10.3. The van der Waals surface area contributed by atoms with Crippen molar-refractivity contribution in [2.24, 2.45) is 0 Å². The van der Waals surface area contributed by atoms with Crippen molar-refractivity contribution >= 4 is 38.2 Å². The number of H-pyrrole nitrogens is 1. The van der Waals surface area contributed by atoms with Gasteiger partial charge in [-0.3, -0.25) is 9.78 Å². The number of para-hydroxylation sites is 1. The Morgan fingerprint density at radius 1 is 1.10 bits per heavy atom. The molecular weight excluding hydrogens is 266 g/mol. The van der Waals surface area contributed by atoms with E-state index in [1.807, 2.05) is 42.6 Å². The van der Waals surface area contributed by atoms with Crippen molar-refractivity contribution in [2.45, 2.75) is 0 Å². The number of fused-ring (bicyclic) bond motifs is 8. The van der Waals surface area contributed by atoms with Crippen LogP contribution in [0.5, 0.6) is 5.88 Å². The van der Waals surface area contributed by atoms with Gasteiger partial charge in [-0.15, -0.1) is 0 Å². The molecule has 0 fully saturated rings. The van der Waals surface area contributed by atoms with Crippen molar-refractivity contribution in [1.29, 1.82) is 0 Å². The average Bonchev–Trinajstić information content (AvgIpc) is 3.14. The second-order valence-corrected chi connectivity index (χ2v) is 5.14. The summed E-state index contributed by atoms with van der Waals surface area (Å²) < 4.78 is 1.80. The van der Waals surface area contributed by atoms with Gasteiger partial charge in [0.1, 0.15) is 5.52 Å². The number of hydrogen-bond donors (Lipinski definition) is 2. The minimum Gasteiger partial charge on any atom is -0.493 e. The summed E-state index contributed by atoms with van der Waals surface area (Å²) in [6.45, 7) is 0. The van der Waals surface area contributed by atoms with Gasteiger partial charge >= 0.3 is 0 Å². The standard InChI is InChI=1S/C16H9N3O2/c20-15-12-11-8-4-1-2-5-9(8)17-13(11)10-6-3-7-19(10)14(12)16(21)18-15/h1-7,21H,(H,18,20). The third-order valence-corrected chi connectivity index (χ3v) is 4.04. The number of hydrogen-bond acceptors (Lipinski definition) is 3. The quantitative estimate of drug-likeness (QED) is 0.456. The van der Waals surface area contributed by atoms with E-state index in [-0.39, 0.29) is 11.4 Å². The predicted octanol–water partition coefficient (Wildman–Crippen LogP) is 2.63. The molecule has 0 radical (unpaired) electrons. The van der Waals surface area contributed by atoms with Crippen LogP contribution >= 0.6 is 0 Å². The Morgan fingerprint density at radius 2 is 1.95 bits per heavy atom. The zero-order valence-corrected chi connectivity index (χ0v) is 10.8. The summed E-state index contributed by atoms with van der Waals surface area (Å²) in [6.07, 6.45) is 1.82. The fourth-order valence-corrected chi connectivity index (χ4v) is 3.22. The predicted molar refractivity (Wildman–Crippen MR) is 81.2 cm³/mol. The van der Waals surface area contributed by atoms with Crippen LogP contribution in [0.3, 0.4) is 0 Å². The molecule has 0 aliphatic heterocycles. The van der Waals surface area contributed by atoms with Gasteiger partial charge in [-0.1, -0.05) is 18.2 Å². The highest BCUT2D eigenvalue weighted by molar-refractivity contribution is 6.23. The van der Waals surface area contributed by atoms with Gasteiger partial charge in [-0.25, -0.2) is 4.98 Å². The molecule has 0 spiro atoms. The molecule has 0 unspecified atom stereocenters. The molecule has 5 rings (SSSR count). The summed E-state index contributed by atoms with van der Waals surface area (Å²) in [5, 5.41) is 12.3. The van der Waals surface area contributed by atoms with Crippen molar-refractivity contribution < 1.29 is 5.11 Å². The van der Waals surface area contributed by atoms with Crippen molar-refractivity contribution in [3.05, 3.63) is 52.9 Å². The first kappa shape index (κ1) is 10.7. The SMILES string of the molecule is O=c1[nH]c(O)c2c1c1c3ccccc3nc1c1cccn12. The molecule has 2 N–H and O–H groups in total. The average molecular weight is 275 g/mol. The first-order valence-corrected chi connectivity index (χ1v) is 6.61. The lowest BCUT2D eigenvalue weighted by molar-refractivity contribution is 0.460. The van der Waals surface area contributed by atoms with Crippen LogP contribution in [0, 0.1) is 0 Å². The highest BCUT2D eigenvalue weighted by atomic mass is 16.3. The molecule has 5 aromatic rings. The highest BCUT2D eigenvalue weighted by Gasteiger charge is 2.20. The lowest BCUT2D eigenvalue weighted by atomic mass is 10.1. The molecule has 0 atom stereocenters. The van der Waals surface area contributed by atoms with E-state index in [0.717, 1.165) is 27.3 Å². The van der Waals surface area contributed by atoms with Crippen LogP contribution in [-0.4, -0.2) is 19.5 Å². The smallest absolute Gasteiger partial charge is 0.261 e. The normalized spacial score (nSPS) is 12.2. The van der Waals surface area contributed by atoms with Gasteiger partial charge in [-0.05, 0) is 18.2 Å². The second-order valence-electron chi connectivity index (χ2n) is 5.14. The zero-order valence-electron chi connectivity index (χ0n) is 10.8. The van der Waals surface area contributed by atoms with Crippen molar-refractivity contribution in [2.75, 3.05) is 0 Å². The number of aromatic amines is 1. The van der Waals surface area contributed by atoms with E-state index >= 15 is 0 Å². The van der Waals surface area contributed by atoms with Crippen molar-refractivity contribution in [3.63, 3.8) is 0 Å². The van der Waals surface area contributed by atoms with E-state index < -0.39 is 0 Å². The maximum atomic E-state index is 12.3. The monoisotopic (exact) mass is 275 g/mol. The van der Waals surface area contributed by atoms with Crippen LogP contribution in [0.1, 0.15) is 0 Å². The molecule has 0 aliphatic carbocycles. The third-order valence-electron chi connectivity index (χ3n) is 4.04. The molecule has 4 aromatic heterocycles. The van der Waals surface area contributed by atoms with E-state index in [1.165, 1.54) is 0 Å². The summed E-state index contributed by atoms with van der Waals surface area (Å²) in [4.78, 5) is 19.4. The highest BCUT2D eigenvalue weighted by Crippen LogP contribution is 2.36. The summed E-state index contributed by atoms with van der Waals surface area (Å²) >= 11 is 0. The summed E-state index contributed by atoms with van der Waals surface area (Å²) in [5.41, 5.74) is 2.72. The number of nitrogens with zero attached hydrogens (tertiary/aromatic N) is 2. The van der Waals surface area contributed by atoms with Crippen LogP contribution in [0.15, 0.2) is 47.4 Å². The molecule has 100 valence electrons. The fourth-order valence-electron chi connectivity index (χ4n) is 3.22. The van der Waals surface area contributed by atoms with E-state index in [1.54, 1.807) is 4.40 Å². The van der Waals surface area contributed by atoms with Crippen LogP contribution in [0.4, 0.5) is 0 Å². The summed E-state index contributed by atoms with van der Waals surface area (Å²) in [6, 6.07) is 11.5. The molecular formula is C16H9N3O2. The van der Waals surface area contributed by atoms with E-state index in [4.69, 9.17) is 0 Å². The molecule has 5 nitrogen and oxygen atoms in total. The minimum absolute atomic E-state index is 0.108. The van der Waals surface area contributed by atoms with Crippen LogP contribution < -0.4 is 5.56 Å². The number of aromatic nitrogens is 3. The largest absolute Gasteiger partial charge is 0.493 e. The molecule has 0 bridgehead atoms. The Morgan fingerprint density at radius 3 is 2.86 bits per heavy atom. The third kappa shape index (κ3) is 1.12. The lowest BCUT2D eigenvalue weighted by Gasteiger charge is -2.01. The molecule has 4 heterocycles. The van der Waals surface area contributed by atoms with Crippen LogP contribution in [-0.2, 0) is 0 Å². The van der Waals surface area contributed by atoms with E-state index in [0.29, 0.717) is 10.9 Å². The van der Waals surface area contributed by atoms with Gasteiger partial charge in [0.15, 0.2) is 0 Å². The molecule has 0 aliphatic rings. The van der Waals surface area contributed by atoms with Gasteiger partial charge in [0, 0.05) is 17.0 Å². The van der Waals surface area contributed by atoms with Gasteiger partial charge in [0.05, 0.1) is 21.9 Å². The molecule has 0 saturated carbocycles. The molecule has 1 aromatic carbocycles. The van der Waals surface area contributed by atoms with Gasteiger partial charge in [-0.2, -0.15) is 0 Å². The molecule has 21 heavy (non-hydrogen) atoms. The van der Waals surface area contributed by atoms with Gasteiger partial charge in [0.25, 0.3) is 5.56 Å². The molecule has 0 amide bonds. The topological polar surface area (TPSA) is 70.4 Å². The Kier molecular flexibility index (Phi) is 1.69. The van der Waals surface area contributed by atoms with Crippen molar-refractivity contribution in [3.8, 4) is 5.88 Å². The Bertz CT molecular complexity index is 1220. The maximum absolute atomic E-state index is 12.3. The summed E-state index contributed by atoms with van der Waals surface area (Å²) in [5.74, 6) is -0.108. The first-order valence-electron chi connectivity index (χ1n) is 6.61. The lowest BCUT2D eigenvalue weighted by Crippen LogP contribution is -1.98. The van der Waals surface area contributed by atoms with Crippen LogP contribution in [0.25, 0.3) is 38.2 Å². The fraction of sp³-hybridized carbons (Fsp3) is 0. The number of aromatic hydroxyl groups is 1. The molecule has 0 saturated heterocycles. The maximum Gasteiger partial charge on any atom is 0.261 e. The Hall–Kier alpha value is -3.08. The number of rotatable bonds is 0. The summed E-state index contributed by atoms with van der Waals surface area (Å²) in [7, 11) is 0. The zero-order chi connectivity index (χ0) is 14.1. The number of pyridine rings is 1. The van der Waals surface area contributed by atoms with Crippen LogP contribution in [0.2, 0.25) is 0 Å².